The van der Waals surface area contributed by atoms with Gasteiger partial charge in [-0.2, -0.15) is 0 Å². The van der Waals surface area contributed by atoms with Crippen LogP contribution in [0.1, 0.15) is 0 Å². The molecule has 0 unspecified atom stereocenters. The van der Waals surface area contributed by atoms with Gasteiger partial charge in [0.1, 0.15) is 0 Å². The van der Waals surface area contributed by atoms with Crippen LogP contribution in [-0.2, 0) is 0 Å². The van der Waals surface area contributed by atoms with Crippen molar-refractivity contribution in [3.63, 3.8) is 0 Å². The predicted molar refractivity (Wildman–Crippen MR) is 51.6 cm³/mol. The lowest BCUT2D eigenvalue weighted by molar-refractivity contribution is 1.72. The number of hydrogen-bond acceptors (Lipinski definition) is 0. The summed E-state index contributed by atoms with van der Waals surface area (Å²) in [7, 11) is 0. The zero-order valence-corrected chi connectivity index (χ0v) is 7.58. The lowest BCUT2D eigenvalue weighted by Crippen LogP contribution is -1.73. The van der Waals surface area contributed by atoms with E-state index in [9.17, 15) is 0 Å². The molecule has 2 rings (SSSR count). The number of fused-ring (bicyclic) bond motifs is 1. The van der Waals surface area contributed by atoms with Crippen LogP contribution >= 0.6 is 23.2 Å². The summed E-state index contributed by atoms with van der Waals surface area (Å²) >= 11 is 11.7. The molecule has 58 valence electrons. The Balaban J connectivity index is 2.86. The SMILES string of the molecule is Clc1[c]cc2c(Cl)c[c]cc2c1. The van der Waals surface area contributed by atoms with E-state index in [1.165, 1.54) is 0 Å². The number of halogens is 2. The summed E-state index contributed by atoms with van der Waals surface area (Å²) < 4.78 is 0. The smallest absolute Gasteiger partial charge is 0.0491 e. The van der Waals surface area contributed by atoms with Crippen molar-refractivity contribution in [3.8, 4) is 0 Å². The first-order valence-electron chi connectivity index (χ1n) is 3.44. The Labute approximate surface area is 80.7 Å². The summed E-state index contributed by atoms with van der Waals surface area (Å²) in [4.78, 5) is 0. The Morgan fingerprint density at radius 3 is 2.75 bits per heavy atom. The molecule has 0 spiro atoms. The van der Waals surface area contributed by atoms with Crippen molar-refractivity contribution in [2.75, 3.05) is 0 Å². The molecule has 0 saturated carbocycles. The van der Waals surface area contributed by atoms with E-state index in [1.54, 1.807) is 12.1 Å². The van der Waals surface area contributed by atoms with E-state index >= 15 is 0 Å². The molecule has 2 aromatic rings. The summed E-state index contributed by atoms with van der Waals surface area (Å²) in [5.74, 6) is 0. The summed E-state index contributed by atoms with van der Waals surface area (Å²) in [5.41, 5.74) is 0. The Kier molecular flexibility index (Phi) is 1.95. The quantitative estimate of drug-likeness (QED) is 0.600. The summed E-state index contributed by atoms with van der Waals surface area (Å²) in [6.07, 6.45) is 0. The minimum atomic E-state index is 0.596. The van der Waals surface area contributed by atoms with Crippen molar-refractivity contribution in [2.24, 2.45) is 0 Å². The molecule has 2 heteroatoms. The van der Waals surface area contributed by atoms with Gasteiger partial charge in [-0.15, -0.1) is 0 Å². The van der Waals surface area contributed by atoms with Gasteiger partial charge in [-0.3, -0.25) is 0 Å². The molecule has 2 aromatic carbocycles. The molecule has 0 aromatic heterocycles. The topological polar surface area (TPSA) is 0 Å². The zero-order chi connectivity index (χ0) is 8.55. The highest BCUT2D eigenvalue weighted by Crippen LogP contribution is 2.24. The van der Waals surface area contributed by atoms with Crippen molar-refractivity contribution in [1.29, 1.82) is 0 Å². The fourth-order valence-electron chi connectivity index (χ4n) is 1.09. The van der Waals surface area contributed by atoms with Crippen LogP contribution < -0.4 is 0 Å². The van der Waals surface area contributed by atoms with Crippen LogP contribution in [0.2, 0.25) is 10.0 Å². The van der Waals surface area contributed by atoms with Crippen molar-refractivity contribution in [3.05, 3.63) is 46.4 Å². The van der Waals surface area contributed by atoms with Crippen LogP contribution in [0, 0.1) is 12.1 Å². The molecule has 2 radical (unpaired) electrons. The third-order valence-corrected chi connectivity index (χ3v) is 2.18. The Morgan fingerprint density at radius 1 is 1.08 bits per heavy atom. The van der Waals surface area contributed by atoms with Crippen molar-refractivity contribution in [1.82, 2.24) is 0 Å². The number of benzene rings is 2. The molecule has 0 bridgehead atoms. The minimum absolute atomic E-state index is 0.596. The van der Waals surface area contributed by atoms with Crippen LogP contribution in [0.3, 0.4) is 0 Å². The second kappa shape index (κ2) is 2.96. The first-order chi connectivity index (χ1) is 5.77. The van der Waals surface area contributed by atoms with Crippen LogP contribution in [0.15, 0.2) is 24.3 Å². The molecule has 0 amide bonds. The summed E-state index contributed by atoms with van der Waals surface area (Å²) in [6.45, 7) is 0. The Hall–Kier alpha value is -0.720. The lowest BCUT2D eigenvalue weighted by Gasteiger charge is -1.98. The lowest BCUT2D eigenvalue weighted by atomic mass is 10.1. The summed E-state index contributed by atoms with van der Waals surface area (Å²) in [5, 5.41) is 3.23. The fourth-order valence-corrected chi connectivity index (χ4v) is 1.49. The van der Waals surface area contributed by atoms with Gasteiger partial charge in [0.15, 0.2) is 0 Å². The van der Waals surface area contributed by atoms with Gasteiger partial charge in [0.25, 0.3) is 0 Å². The van der Waals surface area contributed by atoms with Crippen LogP contribution in [0.4, 0.5) is 0 Å². The molecule has 0 nitrogen and oxygen atoms in total. The predicted octanol–water partition coefficient (Wildman–Crippen LogP) is 3.75. The van der Waals surface area contributed by atoms with Gasteiger partial charge < -0.3 is 0 Å². The van der Waals surface area contributed by atoms with Gasteiger partial charge in [0.05, 0.1) is 0 Å². The number of rotatable bonds is 0. The third-order valence-electron chi connectivity index (χ3n) is 1.65. The Bertz CT molecular complexity index is 421. The molecule has 0 atom stereocenters. The van der Waals surface area contributed by atoms with Crippen molar-refractivity contribution >= 4 is 34.0 Å². The van der Waals surface area contributed by atoms with Gasteiger partial charge >= 0.3 is 0 Å². The molecule has 0 aliphatic carbocycles. The monoisotopic (exact) mass is 194 g/mol. The molecule has 12 heavy (non-hydrogen) atoms. The maximum atomic E-state index is 5.92. The summed E-state index contributed by atoms with van der Waals surface area (Å²) in [6, 6.07) is 13.0. The van der Waals surface area contributed by atoms with E-state index in [0.717, 1.165) is 10.8 Å². The van der Waals surface area contributed by atoms with Gasteiger partial charge in [-0.05, 0) is 35.7 Å². The highest BCUT2D eigenvalue weighted by atomic mass is 35.5. The molecule has 0 saturated heterocycles. The van der Waals surface area contributed by atoms with Gasteiger partial charge in [0, 0.05) is 21.5 Å². The number of hydrogen-bond donors (Lipinski definition) is 0. The average Bonchev–Trinajstić information content (AvgIpc) is 2.04. The van der Waals surface area contributed by atoms with Crippen LogP contribution in [0.5, 0.6) is 0 Å². The maximum Gasteiger partial charge on any atom is 0.0491 e. The first-order valence-corrected chi connectivity index (χ1v) is 4.19. The molecular formula is C10H4Cl2. The van der Waals surface area contributed by atoms with E-state index in [0.29, 0.717) is 10.0 Å². The normalized spacial score (nSPS) is 10.5. The van der Waals surface area contributed by atoms with E-state index in [2.05, 4.69) is 12.1 Å². The van der Waals surface area contributed by atoms with Gasteiger partial charge in [-0.25, -0.2) is 0 Å². The molecular weight excluding hydrogens is 191 g/mol. The van der Waals surface area contributed by atoms with Crippen molar-refractivity contribution < 1.29 is 0 Å². The highest BCUT2D eigenvalue weighted by molar-refractivity contribution is 6.36. The van der Waals surface area contributed by atoms with Gasteiger partial charge in [-0.1, -0.05) is 23.2 Å². The highest BCUT2D eigenvalue weighted by Gasteiger charge is 1.97. The molecule has 0 aliphatic heterocycles. The van der Waals surface area contributed by atoms with Crippen LogP contribution in [0.25, 0.3) is 10.8 Å². The fraction of sp³-hybridized carbons (Fsp3) is 0. The van der Waals surface area contributed by atoms with E-state index in [4.69, 9.17) is 23.2 Å². The van der Waals surface area contributed by atoms with E-state index in [-0.39, 0.29) is 0 Å². The second-order valence-corrected chi connectivity index (χ2v) is 3.27. The Morgan fingerprint density at radius 2 is 1.92 bits per heavy atom. The minimum Gasteiger partial charge on any atom is -0.0836 e. The van der Waals surface area contributed by atoms with E-state index in [1.807, 2.05) is 12.1 Å². The maximum absolute atomic E-state index is 5.92. The molecule has 0 fully saturated rings. The average molecular weight is 195 g/mol. The molecule has 0 aliphatic rings. The second-order valence-electron chi connectivity index (χ2n) is 2.45. The molecule has 0 heterocycles. The van der Waals surface area contributed by atoms with Crippen molar-refractivity contribution in [2.45, 2.75) is 0 Å². The largest absolute Gasteiger partial charge is 0.0836 e. The van der Waals surface area contributed by atoms with Gasteiger partial charge in [0.2, 0.25) is 0 Å². The zero-order valence-electron chi connectivity index (χ0n) is 6.07. The van der Waals surface area contributed by atoms with Crippen LogP contribution in [-0.4, -0.2) is 0 Å². The molecule has 0 N–H and O–H groups in total. The standard InChI is InChI=1S/C10H4Cl2/c11-8-4-5-9-7(6-8)2-1-3-10(9)12/h2-3,5-6H. The van der Waals surface area contributed by atoms with E-state index < -0.39 is 0 Å². The third kappa shape index (κ3) is 1.28. The first kappa shape index (κ1) is 7.90.